The van der Waals surface area contributed by atoms with Crippen LogP contribution in [0.5, 0.6) is 5.75 Å². The number of nitrogens with zero attached hydrogens (tertiary/aromatic N) is 1. The number of carbonyl (C=O) groups is 1. The van der Waals surface area contributed by atoms with E-state index in [1.54, 1.807) is 14.0 Å². The van der Waals surface area contributed by atoms with Crippen LogP contribution in [-0.2, 0) is 18.9 Å². The van der Waals surface area contributed by atoms with Crippen LogP contribution in [-0.4, -0.2) is 59.3 Å². The Kier molecular flexibility index (Phi) is 12.6. The highest BCUT2D eigenvalue weighted by Crippen LogP contribution is 2.38. The van der Waals surface area contributed by atoms with Crippen LogP contribution in [0.25, 0.3) is 22.3 Å². The molecule has 0 bridgehead atoms. The van der Waals surface area contributed by atoms with Crippen LogP contribution >= 0.6 is 0 Å². The lowest BCUT2D eigenvalue weighted by molar-refractivity contribution is 0.0178. The molecular formula is C40H41NO6. The zero-order valence-electron chi connectivity index (χ0n) is 27.0. The normalized spacial score (nSPS) is 10.9. The molecule has 7 nitrogen and oxygen atoms in total. The number of methoxy groups -OCH3 is 1. The molecular weight excluding hydrogens is 590 g/mol. The summed E-state index contributed by atoms with van der Waals surface area (Å²) >= 11 is 0. The van der Waals surface area contributed by atoms with Crippen LogP contribution in [0.4, 0.5) is 17.1 Å². The van der Waals surface area contributed by atoms with E-state index in [9.17, 15) is 4.79 Å². The molecule has 47 heavy (non-hydrogen) atoms. The third kappa shape index (κ3) is 9.30. The molecule has 0 aliphatic heterocycles. The van der Waals surface area contributed by atoms with Crippen molar-refractivity contribution in [3.63, 3.8) is 0 Å². The number of esters is 1. The lowest BCUT2D eigenvalue weighted by atomic mass is 10.0. The highest BCUT2D eigenvalue weighted by atomic mass is 16.6. The summed E-state index contributed by atoms with van der Waals surface area (Å²) in [6.07, 6.45) is 0. The van der Waals surface area contributed by atoms with Gasteiger partial charge < -0.3 is 28.6 Å². The maximum Gasteiger partial charge on any atom is 0.341 e. The Labute approximate surface area is 277 Å². The fourth-order valence-electron chi connectivity index (χ4n) is 5.14. The van der Waals surface area contributed by atoms with Gasteiger partial charge in [-0.2, -0.15) is 0 Å². The molecule has 242 valence electrons. The van der Waals surface area contributed by atoms with Crippen LogP contribution in [0.2, 0.25) is 0 Å². The minimum atomic E-state index is -0.449. The quantitative estimate of drug-likeness (QED) is 0.0751. The van der Waals surface area contributed by atoms with E-state index in [1.807, 2.05) is 54.6 Å². The molecule has 5 rings (SSSR count). The lowest BCUT2D eigenvalue weighted by Crippen LogP contribution is -2.15. The molecule has 0 atom stereocenters. The van der Waals surface area contributed by atoms with E-state index in [0.717, 1.165) is 39.3 Å². The Hall–Kier alpha value is -4.95. The molecule has 0 aliphatic carbocycles. The van der Waals surface area contributed by atoms with Crippen molar-refractivity contribution in [1.29, 1.82) is 0 Å². The van der Waals surface area contributed by atoms with Crippen LogP contribution < -0.4 is 9.64 Å². The second-order valence-corrected chi connectivity index (χ2v) is 10.6. The van der Waals surface area contributed by atoms with Crippen LogP contribution in [0, 0.1) is 0 Å². The predicted molar refractivity (Wildman–Crippen MR) is 187 cm³/mol. The van der Waals surface area contributed by atoms with Gasteiger partial charge >= 0.3 is 5.97 Å². The molecule has 5 aromatic rings. The number of anilines is 3. The molecule has 0 saturated heterocycles. The number of benzene rings is 5. The smallest absolute Gasteiger partial charge is 0.341 e. The van der Waals surface area contributed by atoms with E-state index in [2.05, 4.69) is 77.7 Å². The monoisotopic (exact) mass is 631 g/mol. The molecule has 0 aliphatic rings. The second kappa shape index (κ2) is 17.7. The Morgan fingerprint density at radius 2 is 1.02 bits per heavy atom. The topological polar surface area (TPSA) is 66.5 Å². The molecule has 0 fully saturated rings. The third-order valence-electron chi connectivity index (χ3n) is 7.47. The van der Waals surface area contributed by atoms with Crippen molar-refractivity contribution >= 4 is 23.0 Å². The van der Waals surface area contributed by atoms with Gasteiger partial charge in [0.05, 0.1) is 39.6 Å². The first-order chi connectivity index (χ1) is 23.2. The fourth-order valence-corrected chi connectivity index (χ4v) is 5.14. The highest BCUT2D eigenvalue weighted by Gasteiger charge is 2.20. The Balaban J connectivity index is 1.42. The lowest BCUT2D eigenvalue weighted by Gasteiger charge is -2.27. The minimum absolute atomic E-state index is 0.250. The number of ether oxygens (including phenoxy) is 5. The molecule has 0 aromatic heterocycles. The first-order valence-corrected chi connectivity index (χ1v) is 15.9. The van der Waals surface area contributed by atoms with Gasteiger partial charge in [-0.15, -0.1) is 0 Å². The van der Waals surface area contributed by atoms with E-state index in [1.165, 1.54) is 0 Å². The van der Waals surface area contributed by atoms with Gasteiger partial charge in [-0.05, 0) is 71.6 Å². The minimum Gasteiger partial charge on any atom is -0.490 e. The summed E-state index contributed by atoms with van der Waals surface area (Å²) in [7, 11) is 1.64. The maximum atomic E-state index is 13.2. The van der Waals surface area contributed by atoms with Gasteiger partial charge in [0, 0.05) is 24.2 Å². The largest absolute Gasteiger partial charge is 0.490 e. The molecule has 7 heteroatoms. The highest BCUT2D eigenvalue weighted by molar-refractivity contribution is 5.95. The van der Waals surface area contributed by atoms with Crippen molar-refractivity contribution in [2.24, 2.45) is 0 Å². The number of carbonyl (C=O) groups excluding carboxylic acids is 1. The fraction of sp³-hybridized carbons (Fsp3) is 0.225. The molecule has 5 aromatic carbocycles. The summed E-state index contributed by atoms with van der Waals surface area (Å²) in [6.45, 7) is 4.65. The average molecular weight is 632 g/mol. The van der Waals surface area contributed by atoms with E-state index in [-0.39, 0.29) is 13.2 Å². The van der Waals surface area contributed by atoms with Crippen molar-refractivity contribution in [3.8, 4) is 28.0 Å². The van der Waals surface area contributed by atoms with Crippen molar-refractivity contribution in [2.45, 2.75) is 6.92 Å². The van der Waals surface area contributed by atoms with Crippen molar-refractivity contribution in [3.05, 3.63) is 133 Å². The van der Waals surface area contributed by atoms with Crippen LogP contribution in [0.1, 0.15) is 17.3 Å². The number of hydrogen-bond acceptors (Lipinski definition) is 7. The number of rotatable bonds is 17. The van der Waals surface area contributed by atoms with E-state index in [4.69, 9.17) is 23.7 Å². The van der Waals surface area contributed by atoms with Crippen molar-refractivity contribution in [2.75, 3.05) is 58.3 Å². The Morgan fingerprint density at radius 3 is 1.53 bits per heavy atom. The van der Waals surface area contributed by atoms with E-state index in [0.29, 0.717) is 44.3 Å². The predicted octanol–water partition coefficient (Wildman–Crippen LogP) is 8.73. The second-order valence-electron chi connectivity index (χ2n) is 10.6. The molecule has 0 saturated carbocycles. The maximum absolute atomic E-state index is 13.2. The summed E-state index contributed by atoms with van der Waals surface area (Å²) in [5.41, 5.74) is 7.56. The van der Waals surface area contributed by atoms with Gasteiger partial charge in [0.25, 0.3) is 0 Å². The number of hydrogen-bond donors (Lipinski definition) is 0. The van der Waals surface area contributed by atoms with Gasteiger partial charge in [-0.1, -0.05) is 84.9 Å². The third-order valence-corrected chi connectivity index (χ3v) is 7.47. The Morgan fingerprint density at radius 1 is 0.553 bits per heavy atom. The first kappa shape index (κ1) is 33.4. The van der Waals surface area contributed by atoms with Gasteiger partial charge in [0.15, 0.2) is 0 Å². The SMILES string of the molecule is CCOC(=O)c1cc(N(c2ccc(-c3ccccc3)cc2)c2ccc(-c3ccccc3)cc2)ccc1OCCOCCOCCOC. The molecule has 0 amide bonds. The standard InChI is InChI=1S/C40H41NO6/c1-3-46-40(42)38-30-37(22-23-39(38)47-29-28-45-27-26-44-25-24-43-2)41(35-18-14-33(15-19-35)31-10-6-4-7-11-31)36-20-16-34(17-21-36)32-12-8-5-9-13-32/h4-23,30H,3,24-29H2,1-2H3. The van der Waals surface area contributed by atoms with Crippen molar-refractivity contribution in [1.82, 2.24) is 0 Å². The van der Waals surface area contributed by atoms with Gasteiger partial charge in [-0.3, -0.25) is 0 Å². The van der Waals surface area contributed by atoms with Crippen LogP contribution in [0.3, 0.4) is 0 Å². The van der Waals surface area contributed by atoms with Crippen LogP contribution in [0.15, 0.2) is 127 Å². The molecule has 0 spiro atoms. The summed E-state index contributed by atoms with van der Waals surface area (Å²) in [5.74, 6) is -0.0124. The van der Waals surface area contributed by atoms with E-state index < -0.39 is 5.97 Å². The summed E-state index contributed by atoms with van der Waals surface area (Å²) < 4.78 is 27.5. The van der Waals surface area contributed by atoms with Gasteiger partial charge in [0.2, 0.25) is 0 Å². The average Bonchev–Trinajstić information content (AvgIpc) is 3.13. The zero-order chi connectivity index (χ0) is 32.7. The molecule has 0 N–H and O–H groups in total. The van der Waals surface area contributed by atoms with Crippen molar-refractivity contribution < 1.29 is 28.5 Å². The molecule has 0 unspecified atom stereocenters. The van der Waals surface area contributed by atoms with E-state index >= 15 is 0 Å². The Bertz CT molecular complexity index is 1570. The first-order valence-electron chi connectivity index (χ1n) is 15.9. The summed E-state index contributed by atoms with van der Waals surface area (Å²) in [4.78, 5) is 15.3. The zero-order valence-corrected chi connectivity index (χ0v) is 27.0. The molecule has 0 heterocycles. The van der Waals surface area contributed by atoms with Gasteiger partial charge in [0.1, 0.15) is 17.9 Å². The summed E-state index contributed by atoms with van der Waals surface area (Å²) in [6, 6.07) is 43.0. The van der Waals surface area contributed by atoms with Gasteiger partial charge in [-0.25, -0.2) is 4.79 Å². The summed E-state index contributed by atoms with van der Waals surface area (Å²) in [5, 5.41) is 0. The molecule has 0 radical (unpaired) electrons.